The van der Waals surface area contributed by atoms with Crippen LogP contribution in [0.25, 0.3) is 0 Å². The zero-order valence-corrected chi connectivity index (χ0v) is 20.9. The molecule has 12 heteroatoms. The first-order valence-corrected chi connectivity index (χ1v) is 13.0. The van der Waals surface area contributed by atoms with Gasteiger partial charge in [-0.05, 0) is 50.4 Å². The van der Waals surface area contributed by atoms with Gasteiger partial charge in [0.2, 0.25) is 11.8 Å². The highest BCUT2D eigenvalue weighted by Gasteiger charge is 2.38. The van der Waals surface area contributed by atoms with Crippen LogP contribution in [0, 0.1) is 17.2 Å². The maximum absolute atomic E-state index is 13.2. The van der Waals surface area contributed by atoms with Gasteiger partial charge in [-0.15, -0.1) is 0 Å². The van der Waals surface area contributed by atoms with Crippen LogP contribution < -0.4 is 16.4 Å². The molecule has 0 spiro atoms. The van der Waals surface area contributed by atoms with E-state index in [-0.39, 0.29) is 30.9 Å². The number of piperidine rings is 1. The van der Waals surface area contributed by atoms with Crippen molar-refractivity contribution in [3.63, 3.8) is 0 Å². The van der Waals surface area contributed by atoms with Crippen molar-refractivity contribution in [3.8, 4) is 0 Å². The number of carbonyl (C=O) groups is 4. The van der Waals surface area contributed by atoms with Gasteiger partial charge in [0.05, 0.1) is 13.0 Å². The van der Waals surface area contributed by atoms with Crippen molar-refractivity contribution in [1.29, 1.82) is 5.41 Å². The summed E-state index contributed by atoms with van der Waals surface area (Å²) in [5.74, 6) is -1.75. The molecule has 3 amide bonds. The zero-order chi connectivity index (χ0) is 26.1. The van der Waals surface area contributed by atoms with Crippen molar-refractivity contribution in [1.82, 2.24) is 20.4 Å². The van der Waals surface area contributed by atoms with Gasteiger partial charge in [0.1, 0.15) is 12.6 Å². The second kappa shape index (κ2) is 13.3. The highest BCUT2D eigenvalue weighted by atomic mass is 16.5. The summed E-state index contributed by atoms with van der Waals surface area (Å²) < 4.78 is 5.36. The molecule has 3 aliphatic rings. The lowest BCUT2D eigenvalue weighted by atomic mass is 9.90. The van der Waals surface area contributed by atoms with Crippen molar-refractivity contribution >= 4 is 29.8 Å². The second-order valence-electron chi connectivity index (χ2n) is 10.2. The third kappa shape index (κ3) is 8.87. The van der Waals surface area contributed by atoms with Crippen molar-refractivity contribution < 1.29 is 29.0 Å². The van der Waals surface area contributed by atoms with Crippen LogP contribution >= 0.6 is 0 Å². The monoisotopic (exact) mass is 508 g/mol. The van der Waals surface area contributed by atoms with Crippen LogP contribution in [-0.4, -0.2) is 89.6 Å². The van der Waals surface area contributed by atoms with Gasteiger partial charge in [-0.2, -0.15) is 0 Å². The first kappa shape index (κ1) is 27.5. The van der Waals surface area contributed by atoms with E-state index in [2.05, 4.69) is 10.6 Å². The Balaban J connectivity index is 1.57. The van der Waals surface area contributed by atoms with E-state index in [1.807, 2.05) is 0 Å². The summed E-state index contributed by atoms with van der Waals surface area (Å²) in [5, 5.41) is 22.2. The lowest BCUT2D eigenvalue weighted by Crippen LogP contribution is -2.53. The number of nitrogens with zero attached hydrogens (tertiary/aromatic N) is 2. The second-order valence-corrected chi connectivity index (χ2v) is 10.2. The average Bonchev–Trinajstić information content (AvgIpc) is 3.70. The topological polar surface area (TPSA) is 178 Å². The van der Waals surface area contributed by atoms with Gasteiger partial charge in [-0.1, -0.05) is 19.3 Å². The van der Waals surface area contributed by atoms with Gasteiger partial charge in [0.15, 0.2) is 5.96 Å². The summed E-state index contributed by atoms with van der Waals surface area (Å²) in [7, 11) is 0. The molecule has 3 fully saturated rings. The Morgan fingerprint density at radius 3 is 2.39 bits per heavy atom. The maximum Gasteiger partial charge on any atom is 0.407 e. The number of aliphatic carboxylic acids is 1. The van der Waals surface area contributed by atoms with Crippen LogP contribution in [0.4, 0.5) is 4.79 Å². The number of carboxylic acid groups (broad SMARTS) is 1. The summed E-state index contributed by atoms with van der Waals surface area (Å²) in [6.07, 6.45) is 7.42. The first-order chi connectivity index (χ1) is 17.2. The number of nitrogens with one attached hydrogen (secondary N) is 3. The molecule has 2 atom stereocenters. The van der Waals surface area contributed by atoms with Crippen LogP contribution in [0.3, 0.4) is 0 Å². The van der Waals surface area contributed by atoms with E-state index < -0.39 is 36.5 Å². The predicted octanol–water partition coefficient (Wildman–Crippen LogP) is 0.849. The van der Waals surface area contributed by atoms with Crippen molar-refractivity contribution in [2.75, 3.05) is 32.8 Å². The first-order valence-electron chi connectivity index (χ1n) is 13.0. The highest BCUT2D eigenvalue weighted by molar-refractivity contribution is 5.92. The molecule has 36 heavy (non-hydrogen) atoms. The number of hydrogen-bond acceptors (Lipinski definition) is 6. The van der Waals surface area contributed by atoms with E-state index in [1.54, 1.807) is 4.90 Å². The minimum Gasteiger partial charge on any atom is -0.480 e. The van der Waals surface area contributed by atoms with Crippen molar-refractivity contribution in [3.05, 3.63) is 0 Å². The molecule has 3 rings (SSSR count). The summed E-state index contributed by atoms with van der Waals surface area (Å²) in [5.41, 5.74) is 5.58. The minimum absolute atomic E-state index is 0.00576. The number of likely N-dealkylation sites (tertiary alicyclic amines) is 1. The molecule has 0 aromatic carbocycles. The third-order valence-electron chi connectivity index (χ3n) is 7.18. The van der Waals surface area contributed by atoms with Crippen LogP contribution in [0.2, 0.25) is 0 Å². The summed E-state index contributed by atoms with van der Waals surface area (Å²) in [4.78, 5) is 52.8. The molecule has 12 nitrogen and oxygen atoms in total. The molecule has 2 aliphatic carbocycles. The largest absolute Gasteiger partial charge is 0.480 e. The van der Waals surface area contributed by atoms with E-state index in [9.17, 15) is 24.3 Å². The fourth-order valence-corrected chi connectivity index (χ4v) is 5.02. The fraction of sp³-hybridized carbons (Fsp3) is 0.792. The number of carboxylic acids is 1. The van der Waals surface area contributed by atoms with E-state index >= 15 is 0 Å². The summed E-state index contributed by atoms with van der Waals surface area (Å²) in [6.45, 7) is 1.41. The maximum atomic E-state index is 13.2. The number of guanidine groups is 1. The number of carbonyl (C=O) groups excluding carboxylic acids is 3. The predicted molar refractivity (Wildman–Crippen MR) is 131 cm³/mol. The van der Waals surface area contributed by atoms with E-state index in [0.29, 0.717) is 38.4 Å². The third-order valence-corrected chi connectivity index (χ3v) is 7.18. The standard InChI is InChI=1S/C24H40N6O6/c25-23(26)29-10-4-7-17(13-29)12-27-20(31)11-19(22(34)30(14-21(32)33)18-8-9-18)28-24(35)36-15-16-5-2-1-3-6-16/h16-19H,1-15H2,(H3,25,26)(H,27,31)(H,28,35)(H,32,33)/t17-,19-/m0/s1. The Morgan fingerprint density at radius 1 is 1.06 bits per heavy atom. The van der Waals surface area contributed by atoms with Gasteiger partial charge in [0.25, 0.3) is 0 Å². The van der Waals surface area contributed by atoms with Gasteiger partial charge in [0, 0.05) is 25.7 Å². The van der Waals surface area contributed by atoms with Gasteiger partial charge in [-0.3, -0.25) is 19.8 Å². The Kier molecular flexibility index (Phi) is 10.2. The molecule has 2 saturated carbocycles. The Bertz CT molecular complexity index is 813. The van der Waals surface area contributed by atoms with Gasteiger partial charge >= 0.3 is 12.1 Å². The molecule has 202 valence electrons. The Morgan fingerprint density at radius 2 is 1.75 bits per heavy atom. The number of hydrogen-bond donors (Lipinski definition) is 5. The number of amides is 3. The molecule has 1 saturated heterocycles. The lowest BCUT2D eigenvalue weighted by Gasteiger charge is -2.33. The van der Waals surface area contributed by atoms with E-state index in [4.69, 9.17) is 15.9 Å². The van der Waals surface area contributed by atoms with Crippen LogP contribution in [0.1, 0.15) is 64.2 Å². The quantitative estimate of drug-likeness (QED) is 0.201. The number of alkyl carbamates (subject to hydrolysis) is 1. The Labute approximate surface area is 211 Å². The molecular weight excluding hydrogens is 468 g/mol. The highest BCUT2D eigenvalue weighted by Crippen LogP contribution is 2.28. The molecule has 0 aromatic rings. The van der Waals surface area contributed by atoms with Crippen molar-refractivity contribution in [2.24, 2.45) is 17.6 Å². The lowest BCUT2D eigenvalue weighted by molar-refractivity contribution is -0.146. The van der Waals surface area contributed by atoms with Crippen LogP contribution in [-0.2, 0) is 19.1 Å². The molecule has 1 aliphatic heterocycles. The molecule has 0 aromatic heterocycles. The number of ether oxygens (including phenoxy) is 1. The average molecular weight is 509 g/mol. The summed E-state index contributed by atoms with van der Waals surface area (Å²) >= 11 is 0. The molecule has 0 radical (unpaired) electrons. The van der Waals surface area contributed by atoms with Gasteiger partial charge < -0.3 is 36.0 Å². The molecule has 6 N–H and O–H groups in total. The molecular formula is C24H40N6O6. The smallest absolute Gasteiger partial charge is 0.407 e. The molecule has 0 unspecified atom stereocenters. The number of rotatable bonds is 11. The van der Waals surface area contributed by atoms with Gasteiger partial charge in [-0.25, -0.2) is 4.79 Å². The normalized spacial score (nSPS) is 21.2. The number of nitrogens with two attached hydrogens (primary N) is 1. The molecule has 1 heterocycles. The van der Waals surface area contributed by atoms with E-state index in [0.717, 1.165) is 38.5 Å². The minimum atomic E-state index is -1.22. The fourth-order valence-electron chi connectivity index (χ4n) is 5.02. The van der Waals surface area contributed by atoms with Crippen LogP contribution in [0.5, 0.6) is 0 Å². The summed E-state index contributed by atoms with van der Waals surface area (Å²) in [6, 6.07) is -1.41. The van der Waals surface area contributed by atoms with Crippen LogP contribution in [0.15, 0.2) is 0 Å². The van der Waals surface area contributed by atoms with Crippen molar-refractivity contribution in [2.45, 2.75) is 76.3 Å². The SMILES string of the molecule is N=C(N)N1CCC[C@@H](CNC(=O)C[C@H](NC(=O)OCC2CCCCC2)C(=O)N(CC(=O)O)C2CC2)C1. The zero-order valence-electron chi connectivity index (χ0n) is 20.9. The Hall–Kier alpha value is -3.05. The molecule has 0 bridgehead atoms. The van der Waals surface area contributed by atoms with E-state index in [1.165, 1.54) is 11.3 Å².